The van der Waals surface area contributed by atoms with Crippen molar-refractivity contribution in [2.75, 3.05) is 32.8 Å². The molecule has 4 rings (SSSR count). The van der Waals surface area contributed by atoms with Crippen LogP contribution < -0.4 is 5.56 Å². The van der Waals surface area contributed by atoms with E-state index in [2.05, 4.69) is 21.1 Å². The normalized spacial score (nSPS) is 15.8. The van der Waals surface area contributed by atoms with Crippen LogP contribution in [0.2, 0.25) is 0 Å². The fourth-order valence-electron chi connectivity index (χ4n) is 2.99. The van der Waals surface area contributed by atoms with E-state index in [0.29, 0.717) is 28.7 Å². The predicted molar refractivity (Wildman–Crippen MR) is 86.7 cm³/mol. The molecule has 8 heteroatoms. The van der Waals surface area contributed by atoms with Gasteiger partial charge in [0.1, 0.15) is 11.6 Å². The van der Waals surface area contributed by atoms with Crippen molar-refractivity contribution in [1.29, 1.82) is 5.26 Å². The molecule has 8 nitrogen and oxygen atoms in total. The largest absolute Gasteiger partial charge is 0.379 e. The van der Waals surface area contributed by atoms with Crippen LogP contribution in [0.5, 0.6) is 0 Å². The first-order valence-corrected chi connectivity index (χ1v) is 7.84. The van der Waals surface area contributed by atoms with E-state index in [1.165, 1.54) is 12.4 Å². The molecule has 3 aromatic heterocycles. The molecule has 1 aliphatic heterocycles. The van der Waals surface area contributed by atoms with Crippen LogP contribution in [0.1, 0.15) is 5.56 Å². The highest BCUT2D eigenvalue weighted by Gasteiger charge is 2.13. The Morgan fingerprint density at radius 1 is 1.25 bits per heavy atom. The molecule has 1 saturated heterocycles. The van der Waals surface area contributed by atoms with E-state index in [-0.39, 0.29) is 5.56 Å². The number of fused-ring (bicyclic) bond motifs is 3. The molecule has 0 aliphatic carbocycles. The van der Waals surface area contributed by atoms with Crippen LogP contribution in [0.4, 0.5) is 0 Å². The Labute approximate surface area is 137 Å². The predicted octanol–water partition coefficient (Wildman–Crippen LogP) is 0.248. The lowest BCUT2D eigenvalue weighted by Gasteiger charge is -2.26. The van der Waals surface area contributed by atoms with E-state index in [9.17, 15) is 4.79 Å². The smallest absolute Gasteiger partial charge is 0.261 e. The van der Waals surface area contributed by atoms with Crippen molar-refractivity contribution in [2.45, 2.75) is 6.54 Å². The van der Waals surface area contributed by atoms with E-state index in [1.54, 1.807) is 15.3 Å². The van der Waals surface area contributed by atoms with Crippen LogP contribution in [0.3, 0.4) is 0 Å². The van der Waals surface area contributed by atoms with Crippen LogP contribution in [0.25, 0.3) is 16.6 Å². The van der Waals surface area contributed by atoms with Crippen LogP contribution in [-0.4, -0.2) is 56.9 Å². The molecule has 0 spiro atoms. The second-order valence-corrected chi connectivity index (χ2v) is 5.73. The molecule has 0 amide bonds. The zero-order valence-corrected chi connectivity index (χ0v) is 13.1. The summed E-state index contributed by atoms with van der Waals surface area (Å²) in [6, 6.07) is 3.90. The summed E-state index contributed by atoms with van der Waals surface area (Å²) < 4.78 is 8.57. The van der Waals surface area contributed by atoms with Gasteiger partial charge in [-0.2, -0.15) is 10.4 Å². The van der Waals surface area contributed by atoms with Gasteiger partial charge >= 0.3 is 0 Å². The van der Waals surface area contributed by atoms with E-state index in [1.807, 2.05) is 6.07 Å². The minimum atomic E-state index is -0.0934. The second kappa shape index (κ2) is 6.03. The monoisotopic (exact) mass is 324 g/mol. The number of ether oxygens (including phenoxy) is 1. The first-order chi connectivity index (χ1) is 11.8. The highest BCUT2D eigenvalue weighted by molar-refractivity contribution is 5.80. The highest BCUT2D eigenvalue weighted by Crippen LogP contribution is 2.13. The Hall–Kier alpha value is -2.76. The number of hydrogen-bond acceptors (Lipinski definition) is 6. The van der Waals surface area contributed by atoms with Crippen molar-refractivity contribution >= 4 is 16.6 Å². The summed E-state index contributed by atoms with van der Waals surface area (Å²) in [6.45, 7) is 4.72. The summed E-state index contributed by atoms with van der Waals surface area (Å²) in [6.07, 6.45) is 4.77. The van der Waals surface area contributed by atoms with Gasteiger partial charge in [0.15, 0.2) is 5.65 Å². The second-order valence-electron chi connectivity index (χ2n) is 5.73. The summed E-state index contributed by atoms with van der Waals surface area (Å²) in [5.74, 6) is 0. The summed E-state index contributed by atoms with van der Waals surface area (Å²) in [7, 11) is 0. The number of aromatic nitrogens is 4. The molecule has 0 N–H and O–H groups in total. The maximum Gasteiger partial charge on any atom is 0.261 e. The third-order valence-electron chi connectivity index (χ3n) is 4.35. The Morgan fingerprint density at radius 2 is 2.08 bits per heavy atom. The van der Waals surface area contributed by atoms with E-state index in [0.717, 1.165) is 32.8 Å². The number of nitriles is 1. The van der Waals surface area contributed by atoms with Gasteiger partial charge in [0, 0.05) is 38.6 Å². The Morgan fingerprint density at radius 3 is 2.88 bits per heavy atom. The topological polar surface area (TPSA) is 88.5 Å². The molecule has 0 unspecified atom stereocenters. The number of pyridine rings is 1. The molecule has 4 heterocycles. The first kappa shape index (κ1) is 14.8. The van der Waals surface area contributed by atoms with Gasteiger partial charge in [0.05, 0.1) is 30.3 Å². The van der Waals surface area contributed by atoms with Crippen molar-refractivity contribution in [3.8, 4) is 6.07 Å². The van der Waals surface area contributed by atoms with E-state index >= 15 is 0 Å². The van der Waals surface area contributed by atoms with E-state index < -0.39 is 0 Å². The zero-order chi connectivity index (χ0) is 16.5. The van der Waals surface area contributed by atoms with Crippen molar-refractivity contribution in [3.63, 3.8) is 0 Å². The van der Waals surface area contributed by atoms with Crippen LogP contribution in [0, 0.1) is 11.3 Å². The molecule has 1 aliphatic rings. The maximum atomic E-state index is 12.7. The molecule has 0 saturated carbocycles. The molecule has 1 fully saturated rings. The lowest BCUT2D eigenvalue weighted by Crippen LogP contribution is -2.39. The summed E-state index contributed by atoms with van der Waals surface area (Å²) >= 11 is 0. The Kier molecular flexibility index (Phi) is 3.72. The van der Waals surface area contributed by atoms with Gasteiger partial charge in [-0.1, -0.05) is 0 Å². The van der Waals surface area contributed by atoms with Gasteiger partial charge < -0.3 is 9.30 Å². The molecule has 3 aromatic rings. The fraction of sp³-hybridized carbons (Fsp3) is 0.375. The molecule has 122 valence electrons. The minimum Gasteiger partial charge on any atom is -0.379 e. The van der Waals surface area contributed by atoms with Gasteiger partial charge in [0.2, 0.25) is 0 Å². The Balaban J connectivity index is 1.69. The average molecular weight is 324 g/mol. The van der Waals surface area contributed by atoms with Crippen LogP contribution in [-0.2, 0) is 11.3 Å². The quantitative estimate of drug-likeness (QED) is 0.686. The standard InChI is InChI=1S/C16H16N6O2/c17-9-12-10-19-22-14-1-2-21(4-3-20-5-7-24-8-6-20)16(23)13(14)11-18-15(12)22/h1-2,10-11H,3-8H2. The lowest BCUT2D eigenvalue weighted by atomic mass is 10.3. The lowest BCUT2D eigenvalue weighted by molar-refractivity contribution is 0.0363. The fourth-order valence-corrected chi connectivity index (χ4v) is 2.99. The number of rotatable bonds is 3. The number of nitrogens with zero attached hydrogens (tertiary/aromatic N) is 6. The SMILES string of the molecule is N#Cc1cnn2c1ncc1c(=O)n(CCN3CCOCC3)ccc12. The van der Waals surface area contributed by atoms with Crippen molar-refractivity contribution in [2.24, 2.45) is 0 Å². The average Bonchev–Trinajstić information content (AvgIpc) is 3.05. The third-order valence-corrected chi connectivity index (χ3v) is 4.35. The molecular formula is C16H16N6O2. The molecule has 24 heavy (non-hydrogen) atoms. The maximum absolute atomic E-state index is 12.7. The first-order valence-electron chi connectivity index (χ1n) is 7.84. The molecule has 0 radical (unpaired) electrons. The van der Waals surface area contributed by atoms with Crippen LogP contribution in [0.15, 0.2) is 29.5 Å². The summed E-state index contributed by atoms with van der Waals surface area (Å²) in [4.78, 5) is 19.2. The zero-order valence-electron chi connectivity index (χ0n) is 13.1. The highest BCUT2D eigenvalue weighted by atomic mass is 16.5. The van der Waals surface area contributed by atoms with Gasteiger partial charge in [-0.15, -0.1) is 0 Å². The minimum absolute atomic E-state index is 0.0934. The van der Waals surface area contributed by atoms with E-state index in [4.69, 9.17) is 10.00 Å². The van der Waals surface area contributed by atoms with Gasteiger partial charge in [0.25, 0.3) is 5.56 Å². The molecule has 0 atom stereocenters. The molecule has 0 aromatic carbocycles. The van der Waals surface area contributed by atoms with Gasteiger partial charge in [-0.3, -0.25) is 9.69 Å². The van der Waals surface area contributed by atoms with Crippen molar-refractivity contribution in [1.82, 2.24) is 24.1 Å². The molecule has 0 bridgehead atoms. The van der Waals surface area contributed by atoms with Gasteiger partial charge in [-0.05, 0) is 6.07 Å². The summed E-state index contributed by atoms with van der Waals surface area (Å²) in [5.41, 5.74) is 1.43. The molecular weight excluding hydrogens is 308 g/mol. The number of morpholine rings is 1. The third kappa shape index (κ3) is 2.44. The van der Waals surface area contributed by atoms with Gasteiger partial charge in [-0.25, -0.2) is 9.50 Å². The van der Waals surface area contributed by atoms with Crippen molar-refractivity contribution < 1.29 is 4.74 Å². The van der Waals surface area contributed by atoms with Crippen molar-refractivity contribution in [3.05, 3.63) is 40.6 Å². The Bertz CT molecular complexity index is 993. The number of hydrogen-bond donors (Lipinski definition) is 0. The summed E-state index contributed by atoms with van der Waals surface area (Å²) in [5, 5.41) is 13.7. The van der Waals surface area contributed by atoms with Crippen LogP contribution >= 0.6 is 0 Å².